The van der Waals surface area contributed by atoms with Crippen molar-refractivity contribution in [3.63, 3.8) is 0 Å². The van der Waals surface area contributed by atoms with E-state index in [1.54, 1.807) is 7.11 Å². The maximum Gasteiger partial charge on any atom is 0.256 e. The highest BCUT2D eigenvalue weighted by molar-refractivity contribution is 6.34. The maximum absolute atomic E-state index is 12.4. The number of hydrogen-bond donors (Lipinski definition) is 1. The fourth-order valence-electron chi connectivity index (χ4n) is 3.32. The van der Waals surface area contributed by atoms with Gasteiger partial charge in [-0.2, -0.15) is 0 Å². The molecule has 0 atom stereocenters. The van der Waals surface area contributed by atoms with Crippen molar-refractivity contribution in [2.75, 3.05) is 12.4 Å². The predicted molar refractivity (Wildman–Crippen MR) is 104 cm³/mol. The Kier molecular flexibility index (Phi) is 4.67. The Hall–Kier alpha value is -2.55. The first-order chi connectivity index (χ1) is 11.9. The predicted octanol–water partition coefficient (Wildman–Crippen LogP) is 5.43. The van der Waals surface area contributed by atoms with E-state index in [1.807, 2.05) is 30.3 Å². The summed E-state index contributed by atoms with van der Waals surface area (Å²) in [5.74, 6) is 1.60. The summed E-state index contributed by atoms with van der Waals surface area (Å²) in [5, 5.41) is 2.93. The highest BCUT2D eigenvalue weighted by atomic mass is 16.5. The molecule has 1 N–H and O–H groups in total. The van der Waals surface area contributed by atoms with E-state index in [4.69, 9.17) is 4.74 Å². The van der Waals surface area contributed by atoms with Crippen LogP contribution in [0.5, 0.6) is 5.75 Å². The molecule has 1 aliphatic rings. The molecular weight excluding hydrogens is 310 g/mol. The quantitative estimate of drug-likeness (QED) is 0.756. The molecule has 130 valence electrons. The molecule has 0 aromatic heterocycles. The smallest absolute Gasteiger partial charge is 0.256 e. The number of para-hydroxylation sites is 1. The molecule has 0 fully saturated rings. The van der Waals surface area contributed by atoms with Crippen LogP contribution < -0.4 is 10.1 Å². The van der Waals surface area contributed by atoms with Crippen molar-refractivity contribution in [2.24, 2.45) is 0 Å². The van der Waals surface area contributed by atoms with Crippen LogP contribution in [0.2, 0.25) is 0 Å². The van der Waals surface area contributed by atoms with Crippen molar-refractivity contribution >= 4 is 23.2 Å². The van der Waals surface area contributed by atoms with Crippen LogP contribution in [-0.4, -0.2) is 13.0 Å². The standard InChI is InChI=1S/C22H25NO2/c1-13(2)17-10-15(11-18(14(3)4)21(17)25-5)12-19-16-8-6-7-9-20(16)23-22(19)24/h6-14H,1-5H3,(H,23,24). The monoisotopic (exact) mass is 335 g/mol. The first-order valence-electron chi connectivity index (χ1n) is 8.76. The molecule has 0 saturated heterocycles. The van der Waals surface area contributed by atoms with E-state index in [0.29, 0.717) is 17.4 Å². The van der Waals surface area contributed by atoms with Crippen LogP contribution >= 0.6 is 0 Å². The average Bonchev–Trinajstić information content (AvgIpc) is 2.89. The summed E-state index contributed by atoms with van der Waals surface area (Å²) < 4.78 is 5.70. The highest BCUT2D eigenvalue weighted by Crippen LogP contribution is 2.38. The summed E-state index contributed by atoms with van der Waals surface area (Å²) in [6, 6.07) is 12.1. The van der Waals surface area contributed by atoms with Gasteiger partial charge < -0.3 is 10.1 Å². The second kappa shape index (κ2) is 6.75. The molecule has 3 heteroatoms. The van der Waals surface area contributed by atoms with Gasteiger partial charge in [-0.25, -0.2) is 0 Å². The Labute approximate surface area is 149 Å². The lowest BCUT2D eigenvalue weighted by atomic mass is 9.90. The number of carbonyl (C=O) groups excluding carboxylic acids is 1. The molecule has 0 unspecified atom stereocenters. The lowest BCUT2D eigenvalue weighted by Crippen LogP contribution is -2.04. The average molecular weight is 335 g/mol. The Balaban J connectivity index is 2.17. The zero-order chi connectivity index (χ0) is 18.1. The maximum atomic E-state index is 12.4. The van der Waals surface area contributed by atoms with Gasteiger partial charge in [-0.1, -0.05) is 45.9 Å². The number of amides is 1. The van der Waals surface area contributed by atoms with Gasteiger partial charge in [0.15, 0.2) is 0 Å². The molecule has 0 saturated carbocycles. The minimum absolute atomic E-state index is 0.0470. The van der Waals surface area contributed by atoms with Crippen molar-refractivity contribution in [1.82, 2.24) is 0 Å². The lowest BCUT2D eigenvalue weighted by Gasteiger charge is -2.19. The second-order valence-electron chi connectivity index (χ2n) is 7.10. The van der Waals surface area contributed by atoms with Gasteiger partial charge >= 0.3 is 0 Å². The van der Waals surface area contributed by atoms with Gasteiger partial charge in [0.25, 0.3) is 5.91 Å². The summed E-state index contributed by atoms with van der Waals surface area (Å²) >= 11 is 0. The van der Waals surface area contributed by atoms with Gasteiger partial charge in [-0.05, 0) is 52.8 Å². The summed E-state index contributed by atoms with van der Waals surface area (Å²) in [6.07, 6.45) is 1.98. The minimum Gasteiger partial charge on any atom is -0.496 e. The number of benzene rings is 2. The van der Waals surface area contributed by atoms with Crippen LogP contribution in [0.1, 0.15) is 61.8 Å². The van der Waals surface area contributed by atoms with E-state index < -0.39 is 0 Å². The minimum atomic E-state index is -0.0470. The van der Waals surface area contributed by atoms with Gasteiger partial charge in [-0.3, -0.25) is 4.79 Å². The fourth-order valence-corrected chi connectivity index (χ4v) is 3.32. The molecule has 25 heavy (non-hydrogen) atoms. The van der Waals surface area contributed by atoms with Crippen molar-refractivity contribution in [3.8, 4) is 5.75 Å². The van der Waals surface area contributed by atoms with Crippen LogP contribution in [-0.2, 0) is 4.79 Å². The molecule has 0 aliphatic carbocycles. The SMILES string of the molecule is COc1c(C(C)C)cc(C=C2C(=O)Nc3ccccc32)cc1C(C)C. The molecule has 0 spiro atoms. The van der Waals surface area contributed by atoms with E-state index >= 15 is 0 Å². The van der Waals surface area contributed by atoms with Crippen LogP contribution in [0.15, 0.2) is 36.4 Å². The van der Waals surface area contributed by atoms with E-state index in [1.165, 1.54) is 11.1 Å². The van der Waals surface area contributed by atoms with Crippen LogP contribution in [0.4, 0.5) is 5.69 Å². The Morgan fingerprint density at radius 1 is 1.00 bits per heavy atom. The fraction of sp³-hybridized carbons (Fsp3) is 0.318. The molecule has 3 rings (SSSR count). The van der Waals surface area contributed by atoms with Crippen molar-refractivity contribution in [1.29, 1.82) is 0 Å². The largest absolute Gasteiger partial charge is 0.496 e. The Morgan fingerprint density at radius 3 is 2.16 bits per heavy atom. The zero-order valence-corrected chi connectivity index (χ0v) is 15.5. The highest BCUT2D eigenvalue weighted by Gasteiger charge is 2.24. The molecule has 0 bridgehead atoms. The van der Waals surface area contributed by atoms with E-state index in [0.717, 1.165) is 22.6 Å². The number of rotatable bonds is 4. The van der Waals surface area contributed by atoms with E-state index in [-0.39, 0.29) is 5.91 Å². The molecule has 1 heterocycles. The van der Waals surface area contributed by atoms with Gasteiger partial charge in [0.2, 0.25) is 0 Å². The Morgan fingerprint density at radius 2 is 1.60 bits per heavy atom. The third kappa shape index (κ3) is 3.19. The number of carbonyl (C=O) groups is 1. The first kappa shape index (κ1) is 17.3. The third-order valence-corrected chi connectivity index (χ3v) is 4.64. The van der Waals surface area contributed by atoms with Crippen LogP contribution in [0, 0.1) is 0 Å². The Bertz CT molecular complexity index is 818. The molecule has 2 aromatic carbocycles. The number of nitrogens with one attached hydrogen (secondary N) is 1. The number of methoxy groups -OCH3 is 1. The summed E-state index contributed by atoms with van der Waals surface area (Å²) in [5.41, 5.74) is 5.93. The number of hydrogen-bond acceptors (Lipinski definition) is 2. The summed E-state index contributed by atoms with van der Waals surface area (Å²) in [7, 11) is 1.73. The van der Waals surface area contributed by atoms with Gasteiger partial charge in [0.05, 0.1) is 7.11 Å². The van der Waals surface area contributed by atoms with E-state index in [2.05, 4.69) is 45.1 Å². The normalized spacial score (nSPS) is 15.0. The van der Waals surface area contributed by atoms with Gasteiger partial charge in [0.1, 0.15) is 5.75 Å². The number of fused-ring (bicyclic) bond motifs is 1. The first-order valence-corrected chi connectivity index (χ1v) is 8.76. The molecule has 1 aliphatic heterocycles. The second-order valence-corrected chi connectivity index (χ2v) is 7.10. The van der Waals surface area contributed by atoms with E-state index in [9.17, 15) is 4.79 Å². The molecular formula is C22H25NO2. The molecule has 3 nitrogen and oxygen atoms in total. The number of ether oxygens (including phenoxy) is 1. The van der Waals surface area contributed by atoms with Crippen molar-refractivity contribution < 1.29 is 9.53 Å². The summed E-state index contributed by atoms with van der Waals surface area (Å²) in [4.78, 5) is 12.4. The zero-order valence-electron chi connectivity index (χ0n) is 15.5. The number of anilines is 1. The molecule has 2 aromatic rings. The third-order valence-electron chi connectivity index (χ3n) is 4.64. The van der Waals surface area contributed by atoms with Gasteiger partial charge in [-0.15, -0.1) is 0 Å². The van der Waals surface area contributed by atoms with Crippen LogP contribution in [0.3, 0.4) is 0 Å². The lowest BCUT2D eigenvalue weighted by molar-refractivity contribution is -0.110. The van der Waals surface area contributed by atoms with Crippen LogP contribution in [0.25, 0.3) is 11.6 Å². The van der Waals surface area contributed by atoms with Gasteiger partial charge in [0, 0.05) is 16.8 Å². The molecule has 0 radical (unpaired) electrons. The molecule has 1 amide bonds. The summed E-state index contributed by atoms with van der Waals surface area (Å²) in [6.45, 7) is 8.65. The van der Waals surface area contributed by atoms with Crippen molar-refractivity contribution in [3.05, 3.63) is 58.7 Å². The topological polar surface area (TPSA) is 38.3 Å². The van der Waals surface area contributed by atoms with Crippen molar-refractivity contribution in [2.45, 2.75) is 39.5 Å².